The number of nitro groups is 1. The fourth-order valence-electron chi connectivity index (χ4n) is 0.955. The summed E-state index contributed by atoms with van der Waals surface area (Å²) in [7, 11) is 2.39. The van der Waals surface area contributed by atoms with Crippen molar-refractivity contribution in [1.29, 1.82) is 0 Å². The van der Waals surface area contributed by atoms with Crippen LogP contribution in [0.5, 0.6) is 0 Å². The molecule has 0 atom stereocenters. The highest BCUT2D eigenvalue weighted by Gasteiger charge is 2.23. The van der Waals surface area contributed by atoms with Crippen molar-refractivity contribution < 1.29 is 4.92 Å². The predicted octanol–water partition coefficient (Wildman–Crippen LogP) is -0.354. The second kappa shape index (κ2) is 3.26. The number of nitrogens with zero attached hydrogens (tertiary/aromatic N) is 3. The van der Waals surface area contributed by atoms with Crippen LogP contribution >= 0.6 is 11.6 Å². The summed E-state index contributed by atoms with van der Waals surface area (Å²) < 4.78 is 1.46. The molecule has 7 nitrogen and oxygen atoms in total. The Balaban J connectivity index is 3.88. The first-order valence-electron chi connectivity index (χ1n) is 3.47. The fraction of sp³-hybridized carbons (Fsp3) is 0.333. The van der Waals surface area contributed by atoms with Gasteiger partial charge in [-0.2, -0.15) is 0 Å². The average Bonchev–Trinajstić information content (AvgIpc) is 2.11. The normalized spacial score (nSPS) is 10.2. The van der Waals surface area contributed by atoms with Crippen molar-refractivity contribution >= 4 is 17.3 Å². The van der Waals surface area contributed by atoms with Crippen LogP contribution in [0.2, 0.25) is 5.15 Å². The van der Waals surface area contributed by atoms with E-state index in [9.17, 15) is 19.7 Å². The molecule has 0 saturated carbocycles. The highest BCUT2D eigenvalue weighted by molar-refractivity contribution is 6.31. The summed E-state index contributed by atoms with van der Waals surface area (Å²) in [6, 6.07) is 0. The third kappa shape index (κ3) is 1.31. The van der Waals surface area contributed by atoms with Gasteiger partial charge in [-0.15, -0.1) is 0 Å². The van der Waals surface area contributed by atoms with Crippen LogP contribution in [-0.2, 0) is 14.1 Å². The van der Waals surface area contributed by atoms with Gasteiger partial charge in [0.1, 0.15) is 0 Å². The molecule has 0 N–H and O–H groups in total. The van der Waals surface area contributed by atoms with E-state index in [4.69, 9.17) is 11.6 Å². The van der Waals surface area contributed by atoms with Gasteiger partial charge in [-0.1, -0.05) is 11.6 Å². The van der Waals surface area contributed by atoms with Gasteiger partial charge in [-0.3, -0.25) is 24.0 Å². The molecular formula is C6H6ClN3O4. The van der Waals surface area contributed by atoms with Crippen LogP contribution in [0.3, 0.4) is 0 Å². The minimum absolute atomic E-state index is 0.469. The van der Waals surface area contributed by atoms with Gasteiger partial charge in [0.25, 0.3) is 0 Å². The van der Waals surface area contributed by atoms with Crippen molar-refractivity contribution in [3.8, 4) is 0 Å². The van der Waals surface area contributed by atoms with E-state index in [1.165, 1.54) is 7.05 Å². The van der Waals surface area contributed by atoms with Gasteiger partial charge >= 0.3 is 16.9 Å². The minimum atomic E-state index is -1.01. The summed E-state index contributed by atoms with van der Waals surface area (Å²) >= 11 is 5.48. The lowest BCUT2D eigenvalue weighted by atomic mass is 10.5. The van der Waals surface area contributed by atoms with Crippen LogP contribution in [-0.4, -0.2) is 14.1 Å². The first kappa shape index (κ1) is 10.5. The monoisotopic (exact) mass is 219 g/mol. The van der Waals surface area contributed by atoms with E-state index in [1.807, 2.05) is 0 Å². The van der Waals surface area contributed by atoms with E-state index in [0.717, 1.165) is 11.6 Å². The molecular weight excluding hydrogens is 214 g/mol. The van der Waals surface area contributed by atoms with Crippen LogP contribution in [0.25, 0.3) is 0 Å². The molecule has 0 aliphatic rings. The van der Waals surface area contributed by atoms with Crippen LogP contribution in [0.15, 0.2) is 9.59 Å². The molecule has 0 unspecified atom stereocenters. The van der Waals surface area contributed by atoms with Gasteiger partial charge in [-0.25, -0.2) is 4.79 Å². The molecule has 0 fully saturated rings. The molecule has 0 aliphatic carbocycles. The average molecular weight is 220 g/mol. The third-order valence-corrected chi connectivity index (χ3v) is 2.19. The first-order valence-corrected chi connectivity index (χ1v) is 3.85. The standard InChI is InChI=1S/C6H6ClN3O4/c1-8-4(7)3(10(13)14)5(11)9(2)6(8)12/h1-2H3. The van der Waals surface area contributed by atoms with E-state index in [-0.39, 0.29) is 0 Å². The largest absolute Gasteiger partial charge is 0.369 e. The van der Waals surface area contributed by atoms with Crippen molar-refractivity contribution in [3.05, 3.63) is 36.1 Å². The van der Waals surface area contributed by atoms with Gasteiger partial charge in [0.05, 0.1) is 4.92 Å². The molecule has 1 aromatic heterocycles. The summed E-state index contributed by atoms with van der Waals surface area (Å²) in [6.45, 7) is 0. The van der Waals surface area contributed by atoms with E-state index < -0.39 is 27.0 Å². The van der Waals surface area contributed by atoms with Crippen LogP contribution in [0.4, 0.5) is 5.69 Å². The minimum Gasteiger partial charge on any atom is -0.281 e. The molecule has 1 heterocycles. The Morgan fingerprint density at radius 3 is 2.21 bits per heavy atom. The Kier molecular flexibility index (Phi) is 2.43. The first-order chi connectivity index (χ1) is 6.37. The maximum atomic E-state index is 11.2. The number of hydrogen-bond acceptors (Lipinski definition) is 4. The van der Waals surface area contributed by atoms with E-state index in [1.54, 1.807) is 0 Å². The zero-order valence-corrected chi connectivity index (χ0v) is 8.11. The Labute approximate surface area is 82.3 Å². The Morgan fingerprint density at radius 2 is 1.79 bits per heavy atom. The summed E-state index contributed by atoms with van der Waals surface area (Å²) in [5.74, 6) is 0. The number of aromatic nitrogens is 2. The van der Waals surface area contributed by atoms with E-state index in [0.29, 0.717) is 4.57 Å². The van der Waals surface area contributed by atoms with Crippen LogP contribution < -0.4 is 11.2 Å². The van der Waals surface area contributed by atoms with Crippen molar-refractivity contribution in [3.63, 3.8) is 0 Å². The SMILES string of the molecule is Cn1c(Cl)c([N+](=O)[O-])c(=O)n(C)c1=O. The van der Waals surface area contributed by atoms with Crippen molar-refractivity contribution in [2.75, 3.05) is 0 Å². The second-order valence-electron chi connectivity index (χ2n) is 2.60. The molecule has 0 aromatic carbocycles. The maximum absolute atomic E-state index is 11.2. The van der Waals surface area contributed by atoms with Gasteiger partial charge in [-0.05, 0) is 0 Å². The van der Waals surface area contributed by atoms with Gasteiger partial charge in [0, 0.05) is 14.1 Å². The van der Waals surface area contributed by atoms with Crippen molar-refractivity contribution in [2.45, 2.75) is 0 Å². The molecule has 14 heavy (non-hydrogen) atoms. The Bertz CT molecular complexity index is 515. The quantitative estimate of drug-likeness (QED) is 0.367. The van der Waals surface area contributed by atoms with E-state index in [2.05, 4.69) is 0 Å². The number of halogens is 1. The van der Waals surface area contributed by atoms with Gasteiger partial charge < -0.3 is 0 Å². The number of rotatable bonds is 1. The highest BCUT2D eigenvalue weighted by Crippen LogP contribution is 2.15. The smallest absolute Gasteiger partial charge is 0.281 e. The summed E-state index contributed by atoms with van der Waals surface area (Å²) in [4.78, 5) is 32.0. The molecule has 1 rings (SSSR count). The lowest BCUT2D eigenvalue weighted by Gasteiger charge is -2.03. The molecule has 0 spiro atoms. The molecule has 0 radical (unpaired) electrons. The highest BCUT2D eigenvalue weighted by atomic mass is 35.5. The Morgan fingerprint density at radius 1 is 1.29 bits per heavy atom. The molecule has 76 valence electrons. The summed E-state index contributed by atoms with van der Waals surface area (Å²) in [5.41, 5.74) is -2.51. The topological polar surface area (TPSA) is 87.1 Å². The van der Waals surface area contributed by atoms with Gasteiger partial charge in [0.15, 0.2) is 5.15 Å². The Hall–Kier alpha value is -1.63. The fourth-order valence-corrected chi connectivity index (χ4v) is 1.18. The molecule has 8 heteroatoms. The second-order valence-corrected chi connectivity index (χ2v) is 2.96. The van der Waals surface area contributed by atoms with Crippen molar-refractivity contribution in [1.82, 2.24) is 9.13 Å². The van der Waals surface area contributed by atoms with Crippen LogP contribution in [0, 0.1) is 10.1 Å². The van der Waals surface area contributed by atoms with Crippen LogP contribution in [0.1, 0.15) is 0 Å². The molecule has 0 saturated heterocycles. The van der Waals surface area contributed by atoms with E-state index >= 15 is 0 Å². The third-order valence-electron chi connectivity index (χ3n) is 1.75. The lowest BCUT2D eigenvalue weighted by Crippen LogP contribution is -2.38. The summed E-state index contributed by atoms with van der Waals surface area (Å²) in [5, 5.41) is 9.98. The zero-order chi connectivity index (χ0) is 11.0. The van der Waals surface area contributed by atoms with Crippen molar-refractivity contribution in [2.24, 2.45) is 14.1 Å². The summed E-state index contributed by atoms with van der Waals surface area (Å²) in [6.07, 6.45) is 0. The molecule has 0 bridgehead atoms. The van der Waals surface area contributed by atoms with Gasteiger partial charge in [0.2, 0.25) is 0 Å². The molecule has 1 aromatic rings. The maximum Gasteiger partial charge on any atom is 0.369 e. The lowest BCUT2D eigenvalue weighted by molar-refractivity contribution is -0.386. The number of hydrogen-bond donors (Lipinski definition) is 0. The zero-order valence-electron chi connectivity index (χ0n) is 7.35. The molecule has 0 amide bonds. The molecule has 0 aliphatic heterocycles. The predicted molar refractivity (Wildman–Crippen MR) is 48.6 cm³/mol.